The summed E-state index contributed by atoms with van der Waals surface area (Å²) in [6.45, 7) is 2.58. The molecule has 28 heavy (non-hydrogen) atoms. The van der Waals surface area contributed by atoms with Crippen LogP contribution < -0.4 is 14.9 Å². The summed E-state index contributed by atoms with van der Waals surface area (Å²) < 4.78 is 17.0. The third-order valence-electron chi connectivity index (χ3n) is 4.13. The van der Waals surface area contributed by atoms with Crippen LogP contribution in [0.3, 0.4) is 0 Å². The molecule has 3 rings (SSSR count). The summed E-state index contributed by atoms with van der Waals surface area (Å²) in [5, 5.41) is 0. The Morgan fingerprint density at radius 2 is 1.71 bits per heavy atom. The van der Waals surface area contributed by atoms with E-state index in [0.717, 1.165) is 28.1 Å². The van der Waals surface area contributed by atoms with Crippen LogP contribution in [0.15, 0.2) is 72.8 Å². The van der Waals surface area contributed by atoms with Crippen molar-refractivity contribution in [3.63, 3.8) is 0 Å². The van der Waals surface area contributed by atoms with E-state index in [1.807, 2.05) is 74.6 Å². The van der Waals surface area contributed by atoms with Crippen molar-refractivity contribution in [2.45, 2.75) is 20.0 Å². The van der Waals surface area contributed by atoms with Crippen LogP contribution in [-0.4, -0.2) is 20.4 Å². The van der Waals surface area contributed by atoms with E-state index < -0.39 is 0 Å². The number of hydrogen-bond donors (Lipinski definition) is 0. The molecule has 0 fully saturated rings. The van der Waals surface area contributed by atoms with Gasteiger partial charge in [0.1, 0.15) is 31.7 Å². The molecule has 0 N–H and O–H groups in total. The Bertz CT molecular complexity index is 925. The molecule has 0 atom stereocenters. The lowest BCUT2D eigenvalue weighted by Crippen LogP contribution is -2.08. The van der Waals surface area contributed by atoms with E-state index in [4.69, 9.17) is 14.2 Å². The third-order valence-corrected chi connectivity index (χ3v) is 4.13. The Labute approximate surface area is 166 Å². The number of para-hydroxylation sites is 1. The van der Waals surface area contributed by atoms with Crippen molar-refractivity contribution in [3.8, 4) is 17.2 Å². The predicted molar refractivity (Wildman–Crippen MR) is 112 cm³/mol. The van der Waals surface area contributed by atoms with Gasteiger partial charge in [-0.05, 0) is 42.8 Å². The van der Waals surface area contributed by atoms with E-state index in [2.05, 4.69) is 6.07 Å². The van der Waals surface area contributed by atoms with Crippen molar-refractivity contribution >= 4 is 19.3 Å². The van der Waals surface area contributed by atoms with Crippen LogP contribution in [0.4, 0.5) is 0 Å². The summed E-state index contributed by atoms with van der Waals surface area (Å²) in [4.78, 5) is 11.7. The Morgan fingerprint density at radius 1 is 0.929 bits per heavy atom. The second-order valence-electron chi connectivity index (χ2n) is 6.44. The van der Waals surface area contributed by atoms with Crippen molar-refractivity contribution in [2.75, 3.05) is 6.61 Å². The average Bonchev–Trinajstić information content (AvgIpc) is 2.69. The first-order valence-corrected chi connectivity index (χ1v) is 9.34. The molecular formula is C23H23BO4. The molecule has 0 saturated heterocycles. The maximum Gasteiger partial charge on any atom is 0.310 e. The molecule has 0 heterocycles. The number of ether oxygens (including phenoxy) is 3. The molecule has 0 aliphatic rings. The highest BCUT2D eigenvalue weighted by molar-refractivity contribution is 6.32. The van der Waals surface area contributed by atoms with Gasteiger partial charge < -0.3 is 14.2 Å². The molecule has 3 aromatic rings. The lowest BCUT2D eigenvalue weighted by atomic mass is 9.94. The summed E-state index contributed by atoms with van der Waals surface area (Å²) in [7, 11) is 2.04. The van der Waals surface area contributed by atoms with Gasteiger partial charge in [0.2, 0.25) is 0 Å². The number of carbonyl (C=O) groups is 1. The standard InChI is InChI=1S/C23H23BO4/c1-2-26-23(25)14-17-7-6-10-21(13-17)28-22-12-11-19(24)15-18(22)16-27-20-8-4-3-5-9-20/h3-13,15H,2,14,16,24H2,1H3. The maximum atomic E-state index is 11.7. The van der Waals surface area contributed by atoms with Gasteiger partial charge in [0.05, 0.1) is 13.0 Å². The van der Waals surface area contributed by atoms with Crippen LogP contribution in [0.2, 0.25) is 0 Å². The highest BCUT2D eigenvalue weighted by Gasteiger charge is 2.09. The summed E-state index contributed by atoms with van der Waals surface area (Å²) in [5.41, 5.74) is 2.94. The second kappa shape index (κ2) is 9.65. The van der Waals surface area contributed by atoms with Crippen LogP contribution in [0, 0.1) is 0 Å². The average molecular weight is 374 g/mol. The van der Waals surface area contributed by atoms with E-state index in [1.54, 1.807) is 6.92 Å². The molecule has 0 unspecified atom stereocenters. The van der Waals surface area contributed by atoms with E-state index >= 15 is 0 Å². The van der Waals surface area contributed by atoms with Gasteiger partial charge in [-0.15, -0.1) is 0 Å². The van der Waals surface area contributed by atoms with Crippen LogP contribution in [-0.2, 0) is 22.6 Å². The van der Waals surface area contributed by atoms with Gasteiger partial charge in [0.15, 0.2) is 0 Å². The number of carbonyl (C=O) groups excluding carboxylic acids is 1. The van der Waals surface area contributed by atoms with Crippen molar-refractivity contribution < 1.29 is 19.0 Å². The molecule has 0 radical (unpaired) electrons. The summed E-state index contributed by atoms with van der Waals surface area (Å²) >= 11 is 0. The summed E-state index contributed by atoms with van der Waals surface area (Å²) in [6.07, 6.45) is 0.225. The minimum Gasteiger partial charge on any atom is -0.489 e. The van der Waals surface area contributed by atoms with Crippen LogP contribution in [0.5, 0.6) is 17.2 Å². The number of rotatable bonds is 8. The zero-order chi connectivity index (χ0) is 19.8. The van der Waals surface area contributed by atoms with E-state index in [0.29, 0.717) is 19.0 Å². The van der Waals surface area contributed by atoms with Crippen LogP contribution in [0.1, 0.15) is 18.1 Å². The molecule has 5 heteroatoms. The molecule has 4 nitrogen and oxygen atoms in total. The first kappa shape index (κ1) is 19.6. The molecule has 3 aromatic carbocycles. The van der Waals surface area contributed by atoms with Gasteiger partial charge in [-0.2, -0.15) is 0 Å². The Kier molecular flexibility index (Phi) is 6.74. The lowest BCUT2D eigenvalue weighted by molar-refractivity contribution is -0.142. The Morgan fingerprint density at radius 3 is 2.50 bits per heavy atom. The number of benzene rings is 3. The zero-order valence-electron chi connectivity index (χ0n) is 16.2. The van der Waals surface area contributed by atoms with Crippen LogP contribution >= 0.6 is 0 Å². The molecule has 0 aromatic heterocycles. The monoisotopic (exact) mass is 374 g/mol. The van der Waals surface area contributed by atoms with E-state index in [-0.39, 0.29) is 12.4 Å². The SMILES string of the molecule is Bc1ccc(Oc2cccc(CC(=O)OCC)c2)c(COc2ccccc2)c1. The van der Waals surface area contributed by atoms with Crippen molar-refractivity contribution in [1.29, 1.82) is 0 Å². The van der Waals surface area contributed by atoms with Gasteiger partial charge >= 0.3 is 5.97 Å². The number of esters is 1. The van der Waals surface area contributed by atoms with Crippen molar-refractivity contribution in [1.82, 2.24) is 0 Å². The molecule has 0 aliphatic carbocycles. The first-order valence-electron chi connectivity index (χ1n) is 9.34. The first-order chi connectivity index (χ1) is 13.6. The van der Waals surface area contributed by atoms with Gasteiger partial charge in [-0.1, -0.05) is 47.9 Å². The van der Waals surface area contributed by atoms with Crippen molar-refractivity contribution in [3.05, 3.63) is 83.9 Å². The fourth-order valence-corrected chi connectivity index (χ4v) is 2.82. The van der Waals surface area contributed by atoms with Crippen molar-refractivity contribution in [2.24, 2.45) is 0 Å². The Hall–Kier alpha value is -3.21. The fourth-order valence-electron chi connectivity index (χ4n) is 2.82. The smallest absolute Gasteiger partial charge is 0.310 e. The minimum absolute atomic E-state index is 0.225. The topological polar surface area (TPSA) is 44.8 Å². The largest absolute Gasteiger partial charge is 0.489 e. The highest BCUT2D eigenvalue weighted by atomic mass is 16.5. The third kappa shape index (κ3) is 5.65. The fraction of sp³-hybridized carbons (Fsp3) is 0.174. The second-order valence-corrected chi connectivity index (χ2v) is 6.44. The Balaban J connectivity index is 1.74. The van der Waals surface area contributed by atoms with Gasteiger partial charge in [0, 0.05) is 5.56 Å². The highest BCUT2D eigenvalue weighted by Crippen LogP contribution is 2.26. The molecule has 0 aliphatic heterocycles. The van der Waals surface area contributed by atoms with Gasteiger partial charge in [-0.25, -0.2) is 0 Å². The molecule has 0 saturated carbocycles. The zero-order valence-corrected chi connectivity index (χ0v) is 16.2. The lowest BCUT2D eigenvalue weighted by Gasteiger charge is -2.14. The maximum absolute atomic E-state index is 11.7. The predicted octanol–water partition coefficient (Wildman–Crippen LogP) is 3.42. The molecule has 0 bridgehead atoms. The van der Waals surface area contributed by atoms with Gasteiger partial charge in [0.25, 0.3) is 0 Å². The van der Waals surface area contributed by atoms with Gasteiger partial charge in [-0.3, -0.25) is 4.79 Å². The van der Waals surface area contributed by atoms with E-state index in [9.17, 15) is 4.79 Å². The molecule has 0 amide bonds. The minimum atomic E-state index is -0.244. The quantitative estimate of drug-likeness (QED) is 0.448. The summed E-state index contributed by atoms with van der Waals surface area (Å²) in [5.74, 6) is 1.97. The molecule has 142 valence electrons. The molecule has 0 spiro atoms. The normalized spacial score (nSPS) is 10.3. The molecular weight excluding hydrogens is 351 g/mol. The van der Waals surface area contributed by atoms with E-state index in [1.165, 1.54) is 0 Å². The number of hydrogen-bond acceptors (Lipinski definition) is 4. The van der Waals surface area contributed by atoms with Crippen LogP contribution in [0.25, 0.3) is 0 Å². The summed E-state index contributed by atoms with van der Waals surface area (Å²) in [6, 6.07) is 23.2.